The van der Waals surface area contributed by atoms with Gasteiger partial charge in [0.05, 0.1) is 11.8 Å². The number of nitrogens with one attached hydrogen (secondary N) is 1. The number of anilines is 1. The van der Waals surface area contributed by atoms with Gasteiger partial charge in [-0.1, -0.05) is 30.9 Å². The lowest BCUT2D eigenvalue weighted by atomic mass is 9.96. The van der Waals surface area contributed by atoms with E-state index < -0.39 is 6.10 Å². The van der Waals surface area contributed by atoms with Crippen molar-refractivity contribution >= 4 is 34.6 Å². The number of phenolic OH excluding ortho intramolecular Hbond substituents is 1. The highest BCUT2D eigenvalue weighted by Gasteiger charge is 2.20. The van der Waals surface area contributed by atoms with Gasteiger partial charge in [0.2, 0.25) is 0 Å². The molecule has 122 valence electrons. The van der Waals surface area contributed by atoms with Crippen molar-refractivity contribution in [1.29, 1.82) is 0 Å². The topological polar surface area (TPSA) is 55.7 Å². The van der Waals surface area contributed by atoms with Crippen molar-refractivity contribution in [3.8, 4) is 5.75 Å². The van der Waals surface area contributed by atoms with Crippen LogP contribution < -0.4 is 10.2 Å². The highest BCUT2D eigenvalue weighted by Crippen LogP contribution is 2.37. The van der Waals surface area contributed by atoms with Crippen LogP contribution in [0.2, 0.25) is 5.02 Å². The van der Waals surface area contributed by atoms with Gasteiger partial charge in [-0.15, -0.1) is 0 Å². The summed E-state index contributed by atoms with van der Waals surface area (Å²) in [6.07, 6.45) is 5.17. The van der Waals surface area contributed by atoms with Crippen LogP contribution in [0.4, 0.5) is 5.69 Å². The predicted molar refractivity (Wildman–Crippen MR) is 94.8 cm³/mol. The highest BCUT2D eigenvalue weighted by molar-refractivity contribution is 7.80. The van der Waals surface area contributed by atoms with Crippen LogP contribution in [0.1, 0.15) is 50.7 Å². The minimum absolute atomic E-state index is 0.00898. The van der Waals surface area contributed by atoms with Gasteiger partial charge in [0.15, 0.2) is 5.11 Å². The van der Waals surface area contributed by atoms with E-state index in [4.69, 9.17) is 23.8 Å². The van der Waals surface area contributed by atoms with Crippen LogP contribution in [-0.2, 0) is 0 Å². The van der Waals surface area contributed by atoms with Crippen molar-refractivity contribution in [2.75, 3.05) is 11.9 Å². The standard InChI is InChI=1S/C16H23ClN2O2S/c1-10(20)13-8-11(17)9-14(15(13)21)19(2)16(22)18-12-6-4-3-5-7-12/h8-10,12,20-21H,3-7H2,1-2H3,(H,18,22). The molecule has 3 N–H and O–H groups in total. The Labute approximate surface area is 142 Å². The first-order valence-corrected chi connectivity index (χ1v) is 8.43. The maximum Gasteiger partial charge on any atom is 0.173 e. The van der Waals surface area contributed by atoms with Gasteiger partial charge in [0.1, 0.15) is 5.75 Å². The molecular formula is C16H23ClN2O2S. The fourth-order valence-electron chi connectivity index (χ4n) is 2.81. The van der Waals surface area contributed by atoms with Crippen LogP contribution in [0.3, 0.4) is 0 Å². The van der Waals surface area contributed by atoms with Crippen molar-refractivity contribution in [1.82, 2.24) is 5.32 Å². The maximum atomic E-state index is 10.4. The molecule has 1 aromatic carbocycles. The summed E-state index contributed by atoms with van der Waals surface area (Å²) in [6, 6.07) is 3.61. The number of phenols is 1. The number of hydrogen-bond donors (Lipinski definition) is 3. The largest absolute Gasteiger partial charge is 0.505 e. The summed E-state index contributed by atoms with van der Waals surface area (Å²) in [5.74, 6) is 0.00898. The third-order valence-corrected chi connectivity index (χ3v) is 4.74. The fraction of sp³-hybridized carbons (Fsp3) is 0.562. The quantitative estimate of drug-likeness (QED) is 0.730. The number of benzene rings is 1. The fourth-order valence-corrected chi connectivity index (χ4v) is 3.29. The summed E-state index contributed by atoms with van der Waals surface area (Å²) < 4.78 is 0. The summed E-state index contributed by atoms with van der Waals surface area (Å²) in [5, 5.41) is 24.5. The molecule has 0 radical (unpaired) electrons. The smallest absolute Gasteiger partial charge is 0.173 e. The molecule has 1 aliphatic carbocycles. The molecule has 1 atom stereocenters. The lowest BCUT2D eigenvalue weighted by Gasteiger charge is -2.29. The summed E-state index contributed by atoms with van der Waals surface area (Å²) in [4.78, 5) is 1.71. The Balaban J connectivity index is 2.17. The summed E-state index contributed by atoms with van der Waals surface area (Å²) in [7, 11) is 1.79. The van der Waals surface area contributed by atoms with E-state index in [-0.39, 0.29) is 5.75 Å². The Morgan fingerprint density at radius 1 is 1.36 bits per heavy atom. The summed E-state index contributed by atoms with van der Waals surface area (Å²) in [6.45, 7) is 1.59. The molecule has 1 saturated carbocycles. The van der Waals surface area contributed by atoms with Crippen LogP contribution in [0.5, 0.6) is 5.75 Å². The van der Waals surface area contributed by atoms with E-state index in [0.29, 0.717) is 27.4 Å². The zero-order valence-corrected chi connectivity index (χ0v) is 14.5. The van der Waals surface area contributed by atoms with E-state index in [0.717, 1.165) is 12.8 Å². The van der Waals surface area contributed by atoms with Gasteiger partial charge in [-0.25, -0.2) is 0 Å². The summed E-state index contributed by atoms with van der Waals surface area (Å²) >= 11 is 11.5. The third kappa shape index (κ3) is 4.03. The van der Waals surface area contributed by atoms with Crippen LogP contribution in [0.25, 0.3) is 0 Å². The normalized spacial score (nSPS) is 17.1. The number of nitrogens with zero attached hydrogens (tertiary/aromatic N) is 1. The van der Waals surface area contributed by atoms with Crippen LogP contribution in [0, 0.1) is 0 Å². The number of aromatic hydroxyl groups is 1. The molecule has 6 heteroatoms. The number of aliphatic hydroxyl groups excluding tert-OH is 1. The SMILES string of the molecule is CC(O)c1cc(Cl)cc(N(C)C(=S)NC2CCCCC2)c1O. The molecule has 1 unspecified atom stereocenters. The second-order valence-electron chi connectivity index (χ2n) is 5.88. The molecule has 0 aliphatic heterocycles. The van der Waals surface area contributed by atoms with Gasteiger partial charge in [-0.3, -0.25) is 0 Å². The molecule has 1 aromatic rings. The zero-order chi connectivity index (χ0) is 16.3. The minimum Gasteiger partial charge on any atom is -0.505 e. The first-order valence-electron chi connectivity index (χ1n) is 7.65. The van der Waals surface area contributed by atoms with E-state index in [1.807, 2.05) is 0 Å². The molecule has 2 rings (SSSR count). The first-order chi connectivity index (χ1) is 10.4. The van der Waals surface area contributed by atoms with E-state index in [2.05, 4.69) is 5.32 Å². The number of aliphatic hydroxyl groups is 1. The molecule has 0 aromatic heterocycles. The second-order valence-corrected chi connectivity index (χ2v) is 6.71. The van der Waals surface area contributed by atoms with E-state index in [1.54, 1.807) is 31.0 Å². The Hall–Kier alpha value is -1.04. The van der Waals surface area contributed by atoms with Crippen LogP contribution >= 0.6 is 23.8 Å². The average molecular weight is 343 g/mol. The molecule has 0 amide bonds. The van der Waals surface area contributed by atoms with Gasteiger partial charge in [-0.2, -0.15) is 0 Å². The van der Waals surface area contributed by atoms with Crippen LogP contribution in [-0.4, -0.2) is 28.4 Å². The Morgan fingerprint density at radius 2 is 2.00 bits per heavy atom. The number of halogens is 1. The molecule has 1 fully saturated rings. The van der Waals surface area contributed by atoms with Gasteiger partial charge >= 0.3 is 0 Å². The second kappa shape index (κ2) is 7.49. The molecule has 22 heavy (non-hydrogen) atoms. The predicted octanol–water partition coefficient (Wildman–Crippen LogP) is 3.74. The molecule has 1 aliphatic rings. The Kier molecular flexibility index (Phi) is 5.89. The van der Waals surface area contributed by atoms with E-state index in [9.17, 15) is 10.2 Å². The van der Waals surface area contributed by atoms with Gasteiger partial charge < -0.3 is 20.4 Å². The average Bonchev–Trinajstić information content (AvgIpc) is 2.49. The number of hydrogen-bond acceptors (Lipinski definition) is 3. The lowest BCUT2D eigenvalue weighted by molar-refractivity contribution is 0.195. The monoisotopic (exact) mass is 342 g/mol. The first kappa shape index (κ1) is 17.3. The molecule has 0 bridgehead atoms. The van der Waals surface area contributed by atoms with Crippen molar-refractivity contribution in [3.63, 3.8) is 0 Å². The summed E-state index contributed by atoms with van der Waals surface area (Å²) in [5.41, 5.74) is 0.895. The minimum atomic E-state index is -0.800. The van der Waals surface area contributed by atoms with E-state index >= 15 is 0 Å². The maximum absolute atomic E-state index is 10.4. The van der Waals surface area contributed by atoms with Gasteiger partial charge in [0, 0.05) is 23.7 Å². The lowest BCUT2D eigenvalue weighted by Crippen LogP contribution is -2.43. The Morgan fingerprint density at radius 3 is 2.59 bits per heavy atom. The van der Waals surface area contributed by atoms with Crippen molar-refractivity contribution in [3.05, 3.63) is 22.7 Å². The third-order valence-electron chi connectivity index (χ3n) is 4.13. The number of thiocarbonyl (C=S) groups is 1. The molecule has 0 spiro atoms. The molecule has 4 nitrogen and oxygen atoms in total. The van der Waals surface area contributed by atoms with Gasteiger partial charge in [0.25, 0.3) is 0 Å². The van der Waals surface area contributed by atoms with Gasteiger partial charge in [-0.05, 0) is 44.1 Å². The zero-order valence-electron chi connectivity index (χ0n) is 13.0. The number of rotatable bonds is 3. The highest BCUT2D eigenvalue weighted by atomic mass is 35.5. The van der Waals surface area contributed by atoms with E-state index in [1.165, 1.54) is 19.3 Å². The molecule has 0 saturated heterocycles. The molecule has 0 heterocycles. The molecular weight excluding hydrogens is 320 g/mol. The van der Waals surface area contributed by atoms with Crippen molar-refractivity contribution < 1.29 is 10.2 Å². The van der Waals surface area contributed by atoms with Crippen molar-refractivity contribution in [2.24, 2.45) is 0 Å². The van der Waals surface area contributed by atoms with Crippen LogP contribution in [0.15, 0.2) is 12.1 Å². The Bertz CT molecular complexity index is 545. The van der Waals surface area contributed by atoms with Crippen molar-refractivity contribution in [2.45, 2.75) is 51.2 Å².